The van der Waals surface area contributed by atoms with Gasteiger partial charge in [0.15, 0.2) is 0 Å². The molecule has 0 radical (unpaired) electrons. The number of rotatable bonds is 7. The van der Waals surface area contributed by atoms with Gasteiger partial charge in [-0.05, 0) is 54.1 Å². The predicted molar refractivity (Wildman–Crippen MR) is 118 cm³/mol. The summed E-state index contributed by atoms with van der Waals surface area (Å²) in [7, 11) is -2.63. The highest BCUT2D eigenvalue weighted by atomic mass is 35.5. The number of nitriles is 1. The van der Waals surface area contributed by atoms with Crippen molar-refractivity contribution in [1.29, 1.82) is 5.26 Å². The van der Waals surface area contributed by atoms with E-state index in [2.05, 4.69) is 10.0 Å². The molecule has 2 N–H and O–H groups in total. The second kappa shape index (κ2) is 9.62. The van der Waals surface area contributed by atoms with Crippen LogP contribution in [0.5, 0.6) is 5.75 Å². The summed E-state index contributed by atoms with van der Waals surface area (Å²) in [4.78, 5) is 12.5. The number of carbonyl (C=O) groups is 1. The number of carbonyl (C=O) groups excluding carboxylic acids is 1. The van der Waals surface area contributed by atoms with E-state index < -0.39 is 15.9 Å². The standard InChI is InChI=1S/C22H18ClN3O4S/c1-30-20-10-7-17(22(27)26-19-4-2-3-16(11-19)13-24)12-21(20)31(28,29)25-14-15-5-8-18(23)9-6-15/h2-12,25H,14H2,1H3,(H,26,27). The van der Waals surface area contributed by atoms with Crippen molar-refractivity contribution < 1.29 is 17.9 Å². The number of hydrogen-bond donors (Lipinski definition) is 2. The first-order valence-electron chi connectivity index (χ1n) is 9.06. The van der Waals surface area contributed by atoms with Crippen LogP contribution in [0.3, 0.4) is 0 Å². The monoisotopic (exact) mass is 455 g/mol. The third-order valence-electron chi connectivity index (χ3n) is 4.34. The van der Waals surface area contributed by atoms with Gasteiger partial charge in [-0.3, -0.25) is 4.79 Å². The van der Waals surface area contributed by atoms with Crippen molar-refractivity contribution in [3.8, 4) is 11.8 Å². The SMILES string of the molecule is COc1ccc(C(=O)Nc2cccc(C#N)c2)cc1S(=O)(=O)NCc1ccc(Cl)cc1. The van der Waals surface area contributed by atoms with Crippen LogP contribution in [-0.2, 0) is 16.6 Å². The highest BCUT2D eigenvalue weighted by Crippen LogP contribution is 2.26. The van der Waals surface area contributed by atoms with Gasteiger partial charge in [0.2, 0.25) is 10.0 Å². The third-order valence-corrected chi connectivity index (χ3v) is 6.02. The molecular formula is C22H18ClN3O4S. The Bertz CT molecular complexity index is 1250. The van der Waals surface area contributed by atoms with Gasteiger partial charge < -0.3 is 10.1 Å². The quantitative estimate of drug-likeness (QED) is 0.560. The number of nitrogens with one attached hydrogen (secondary N) is 2. The Morgan fingerprint density at radius 2 is 1.84 bits per heavy atom. The molecule has 3 aromatic carbocycles. The molecule has 158 valence electrons. The zero-order chi connectivity index (χ0) is 22.4. The summed E-state index contributed by atoms with van der Waals surface area (Å²) in [6, 6.07) is 19.3. The highest BCUT2D eigenvalue weighted by molar-refractivity contribution is 7.89. The van der Waals surface area contributed by atoms with E-state index in [1.165, 1.54) is 31.4 Å². The number of nitrogens with zero attached hydrogens (tertiary/aromatic N) is 1. The van der Waals surface area contributed by atoms with Crippen LogP contribution in [0, 0.1) is 11.3 Å². The maximum Gasteiger partial charge on any atom is 0.255 e. The van der Waals surface area contributed by atoms with E-state index in [0.29, 0.717) is 16.3 Å². The molecule has 0 aliphatic heterocycles. The number of benzene rings is 3. The molecule has 0 aromatic heterocycles. The lowest BCUT2D eigenvalue weighted by Crippen LogP contribution is -2.24. The molecule has 0 atom stereocenters. The summed E-state index contributed by atoms with van der Waals surface area (Å²) in [6.07, 6.45) is 0. The summed E-state index contributed by atoms with van der Waals surface area (Å²) < 4.78 is 33.4. The molecule has 1 amide bonds. The molecule has 0 heterocycles. The molecule has 0 bridgehead atoms. The lowest BCUT2D eigenvalue weighted by atomic mass is 10.2. The second-order valence-corrected chi connectivity index (χ2v) is 8.64. The van der Waals surface area contributed by atoms with Gasteiger partial charge in [0.25, 0.3) is 5.91 Å². The van der Waals surface area contributed by atoms with Crippen molar-refractivity contribution in [2.45, 2.75) is 11.4 Å². The molecule has 7 nitrogen and oxygen atoms in total. The maximum atomic E-state index is 12.9. The molecule has 0 aliphatic carbocycles. The van der Waals surface area contributed by atoms with Gasteiger partial charge in [-0.1, -0.05) is 29.8 Å². The van der Waals surface area contributed by atoms with Gasteiger partial charge in [0, 0.05) is 22.8 Å². The number of sulfonamides is 1. The van der Waals surface area contributed by atoms with Crippen LogP contribution in [0.25, 0.3) is 0 Å². The first kappa shape index (κ1) is 22.3. The normalized spacial score (nSPS) is 10.9. The number of hydrogen-bond acceptors (Lipinski definition) is 5. The first-order valence-corrected chi connectivity index (χ1v) is 10.9. The van der Waals surface area contributed by atoms with Gasteiger partial charge in [-0.25, -0.2) is 13.1 Å². The fourth-order valence-corrected chi connectivity index (χ4v) is 4.09. The minimum atomic E-state index is -3.98. The number of anilines is 1. The van der Waals surface area contributed by atoms with Crippen molar-refractivity contribution in [3.63, 3.8) is 0 Å². The first-order chi connectivity index (χ1) is 14.8. The lowest BCUT2D eigenvalue weighted by Gasteiger charge is -2.13. The van der Waals surface area contributed by atoms with Crippen LogP contribution >= 0.6 is 11.6 Å². The average Bonchev–Trinajstić information content (AvgIpc) is 2.78. The van der Waals surface area contributed by atoms with Crippen molar-refractivity contribution in [1.82, 2.24) is 4.72 Å². The number of amides is 1. The van der Waals surface area contributed by atoms with E-state index in [4.69, 9.17) is 21.6 Å². The molecule has 0 saturated carbocycles. The highest BCUT2D eigenvalue weighted by Gasteiger charge is 2.22. The van der Waals surface area contributed by atoms with Crippen molar-refractivity contribution >= 4 is 33.2 Å². The van der Waals surface area contributed by atoms with Crippen LogP contribution in [0.2, 0.25) is 5.02 Å². The molecule has 0 fully saturated rings. The molecule has 3 aromatic rings. The Morgan fingerprint density at radius 3 is 2.52 bits per heavy atom. The average molecular weight is 456 g/mol. The Balaban J connectivity index is 1.84. The van der Waals surface area contributed by atoms with Crippen LogP contribution < -0.4 is 14.8 Å². The molecular weight excluding hydrogens is 438 g/mol. The predicted octanol–water partition coefficient (Wildman–Crippen LogP) is 3.95. The van der Waals surface area contributed by atoms with E-state index in [9.17, 15) is 13.2 Å². The Kier molecular flexibility index (Phi) is 6.92. The van der Waals surface area contributed by atoms with Gasteiger partial charge >= 0.3 is 0 Å². The van der Waals surface area contributed by atoms with Crippen LogP contribution in [0.4, 0.5) is 5.69 Å². The van der Waals surface area contributed by atoms with E-state index in [1.54, 1.807) is 42.5 Å². The van der Waals surface area contributed by atoms with Crippen molar-refractivity contribution in [3.05, 3.63) is 88.4 Å². The topological polar surface area (TPSA) is 108 Å². The smallest absolute Gasteiger partial charge is 0.255 e. The number of halogens is 1. The Labute approximate surface area is 185 Å². The molecule has 0 spiro atoms. The van der Waals surface area contributed by atoms with Gasteiger partial charge in [0.1, 0.15) is 10.6 Å². The fraction of sp³-hybridized carbons (Fsp3) is 0.0909. The Morgan fingerprint density at radius 1 is 1.10 bits per heavy atom. The van der Waals surface area contributed by atoms with E-state index in [0.717, 1.165) is 5.56 Å². The Hall–Kier alpha value is -3.38. The summed E-state index contributed by atoms with van der Waals surface area (Å²) >= 11 is 5.85. The summed E-state index contributed by atoms with van der Waals surface area (Å²) in [5.74, 6) is -0.418. The summed E-state index contributed by atoms with van der Waals surface area (Å²) in [6.45, 7) is 0.0417. The second-order valence-electron chi connectivity index (χ2n) is 6.46. The van der Waals surface area contributed by atoms with Crippen LogP contribution in [-0.4, -0.2) is 21.4 Å². The molecule has 0 saturated heterocycles. The van der Waals surface area contributed by atoms with Crippen molar-refractivity contribution in [2.75, 3.05) is 12.4 Å². The third kappa shape index (κ3) is 5.61. The fourth-order valence-electron chi connectivity index (χ4n) is 2.76. The van der Waals surface area contributed by atoms with Crippen molar-refractivity contribution in [2.24, 2.45) is 0 Å². The van der Waals surface area contributed by atoms with Gasteiger partial charge in [-0.15, -0.1) is 0 Å². The van der Waals surface area contributed by atoms with Crippen LogP contribution in [0.15, 0.2) is 71.6 Å². The molecule has 31 heavy (non-hydrogen) atoms. The zero-order valence-electron chi connectivity index (χ0n) is 16.4. The van der Waals surface area contributed by atoms with E-state index in [1.807, 2.05) is 6.07 Å². The van der Waals surface area contributed by atoms with Crippen LogP contribution in [0.1, 0.15) is 21.5 Å². The molecule has 0 aliphatic rings. The van der Waals surface area contributed by atoms with E-state index >= 15 is 0 Å². The maximum absolute atomic E-state index is 12.9. The lowest BCUT2D eigenvalue weighted by molar-refractivity contribution is 0.102. The minimum Gasteiger partial charge on any atom is -0.495 e. The van der Waals surface area contributed by atoms with E-state index in [-0.39, 0.29) is 22.8 Å². The summed E-state index contributed by atoms with van der Waals surface area (Å²) in [5, 5.41) is 12.2. The molecule has 9 heteroatoms. The summed E-state index contributed by atoms with van der Waals surface area (Å²) in [5.41, 5.74) is 1.65. The number of ether oxygens (including phenoxy) is 1. The zero-order valence-corrected chi connectivity index (χ0v) is 18.0. The molecule has 3 rings (SSSR count). The minimum absolute atomic E-state index is 0.0417. The molecule has 0 unspecified atom stereocenters. The largest absolute Gasteiger partial charge is 0.495 e. The van der Waals surface area contributed by atoms with Gasteiger partial charge in [0.05, 0.1) is 18.7 Å². The van der Waals surface area contributed by atoms with Gasteiger partial charge in [-0.2, -0.15) is 5.26 Å². The number of methoxy groups -OCH3 is 1.